The van der Waals surface area contributed by atoms with Crippen molar-refractivity contribution in [3.05, 3.63) is 29.8 Å². The molecule has 0 aliphatic heterocycles. The molecule has 0 aliphatic carbocycles. The fourth-order valence-electron chi connectivity index (χ4n) is 2.62. The van der Waals surface area contributed by atoms with E-state index in [0.29, 0.717) is 23.7 Å². The number of nitrogens with one attached hydrogen (secondary N) is 2. The molecular formula is C20H30N2O5. The SMILES string of the molecule is CCC(C)CCN[C@@H](CC(=O)O)C(=O)c1ccccc1NC(C)C(=O)OC. The van der Waals surface area contributed by atoms with E-state index in [2.05, 4.69) is 24.5 Å². The van der Waals surface area contributed by atoms with E-state index in [4.69, 9.17) is 4.74 Å². The maximum absolute atomic E-state index is 13.0. The molecule has 0 heterocycles. The van der Waals surface area contributed by atoms with Gasteiger partial charge in [-0.1, -0.05) is 32.4 Å². The lowest BCUT2D eigenvalue weighted by molar-refractivity contribution is -0.141. The van der Waals surface area contributed by atoms with E-state index in [1.54, 1.807) is 31.2 Å². The molecule has 0 saturated carbocycles. The number of carboxylic acids is 1. The molecule has 0 aromatic heterocycles. The Morgan fingerprint density at radius 3 is 2.44 bits per heavy atom. The summed E-state index contributed by atoms with van der Waals surface area (Å²) in [7, 11) is 1.29. The van der Waals surface area contributed by atoms with Crippen LogP contribution in [0.2, 0.25) is 0 Å². The summed E-state index contributed by atoms with van der Waals surface area (Å²) in [5.74, 6) is -1.32. The van der Waals surface area contributed by atoms with Gasteiger partial charge >= 0.3 is 11.9 Å². The van der Waals surface area contributed by atoms with Crippen LogP contribution in [0.15, 0.2) is 24.3 Å². The number of carbonyl (C=O) groups excluding carboxylic acids is 2. The zero-order valence-corrected chi connectivity index (χ0v) is 16.5. The van der Waals surface area contributed by atoms with Crippen molar-refractivity contribution < 1.29 is 24.2 Å². The molecule has 0 amide bonds. The number of carbonyl (C=O) groups is 3. The Balaban J connectivity index is 2.96. The number of methoxy groups -OCH3 is 1. The van der Waals surface area contributed by atoms with Crippen molar-refractivity contribution in [2.45, 2.75) is 52.1 Å². The van der Waals surface area contributed by atoms with Crippen LogP contribution in [0.1, 0.15) is 50.4 Å². The summed E-state index contributed by atoms with van der Waals surface area (Å²) in [6.45, 7) is 6.40. The fraction of sp³-hybridized carbons (Fsp3) is 0.550. The highest BCUT2D eigenvalue weighted by Gasteiger charge is 2.25. The fourth-order valence-corrected chi connectivity index (χ4v) is 2.62. The molecule has 1 rings (SSSR count). The minimum Gasteiger partial charge on any atom is -0.481 e. The van der Waals surface area contributed by atoms with Gasteiger partial charge < -0.3 is 20.5 Å². The van der Waals surface area contributed by atoms with E-state index in [9.17, 15) is 19.5 Å². The number of esters is 1. The summed E-state index contributed by atoms with van der Waals surface area (Å²) < 4.78 is 4.69. The van der Waals surface area contributed by atoms with E-state index in [1.165, 1.54) is 7.11 Å². The van der Waals surface area contributed by atoms with Gasteiger partial charge in [0, 0.05) is 11.3 Å². The van der Waals surface area contributed by atoms with Crippen LogP contribution in [0.25, 0.3) is 0 Å². The number of hydrogen-bond donors (Lipinski definition) is 3. The smallest absolute Gasteiger partial charge is 0.327 e. The first-order chi connectivity index (χ1) is 12.8. The highest BCUT2D eigenvalue weighted by atomic mass is 16.5. The number of aliphatic carboxylic acids is 1. The summed E-state index contributed by atoms with van der Waals surface area (Å²) >= 11 is 0. The molecule has 0 aliphatic rings. The molecule has 27 heavy (non-hydrogen) atoms. The lowest BCUT2D eigenvalue weighted by Gasteiger charge is -2.20. The predicted octanol–water partition coefficient (Wildman–Crippen LogP) is 2.71. The zero-order chi connectivity index (χ0) is 20.4. The molecule has 7 nitrogen and oxygen atoms in total. The van der Waals surface area contributed by atoms with Crippen molar-refractivity contribution in [1.82, 2.24) is 5.32 Å². The van der Waals surface area contributed by atoms with Gasteiger partial charge in [-0.25, -0.2) is 4.79 Å². The number of ketones is 1. The molecule has 3 N–H and O–H groups in total. The third-order valence-corrected chi connectivity index (χ3v) is 4.54. The number of Topliss-reactive ketones (excluding diaryl/α,β-unsaturated/α-hetero) is 1. The predicted molar refractivity (Wildman–Crippen MR) is 104 cm³/mol. The van der Waals surface area contributed by atoms with Crippen molar-refractivity contribution in [2.24, 2.45) is 5.92 Å². The molecule has 0 fully saturated rings. The lowest BCUT2D eigenvalue weighted by Crippen LogP contribution is -2.40. The normalized spacial score (nSPS) is 14.1. The number of benzene rings is 1. The Kier molecular flexibility index (Phi) is 9.50. The highest BCUT2D eigenvalue weighted by Crippen LogP contribution is 2.19. The number of anilines is 1. The molecule has 3 atom stereocenters. The summed E-state index contributed by atoms with van der Waals surface area (Å²) in [5.41, 5.74) is 0.815. The van der Waals surface area contributed by atoms with Gasteiger partial charge in [0.2, 0.25) is 0 Å². The standard InChI is InChI=1S/C20H30N2O5/c1-5-13(2)10-11-21-17(12-18(23)24)19(25)15-8-6-7-9-16(15)22-14(3)20(26)27-4/h6-9,13-14,17,21-22H,5,10-12H2,1-4H3,(H,23,24)/t13?,14?,17-/m0/s1. The van der Waals surface area contributed by atoms with Gasteiger partial charge in [0.15, 0.2) is 5.78 Å². The quantitative estimate of drug-likeness (QED) is 0.379. The van der Waals surface area contributed by atoms with E-state index < -0.39 is 24.0 Å². The maximum atomic E-state index is 13.0. The second-order valence-corrected chi connectivity index (χ2v) is 6.71. The molecule has 0 radical (unpaired) electrons. The van der Waals surface area contributed by atoms with E-state index in [-0.39, 0.29) is 12.2 Å². The Bertz CT molecular complexity index is 647. The van der Waals surface area contributed by atoms with Crippen LogP contribution in [0, 0.1) is 5.92 Å². The number of para-hydroxylation sites is 1. The molecule has 0 saturated heterocycles. The second-order valence-electron chi connectivity index (χ2n) is 6.71. The monoisotopic (exact) mass is 378 g/mol. The molecule has 0 spiro atoms. The van der Waals surface area contributed by atoms with Crippen molar-refractivity contribution >= 4 is 23.4 Å². The average molecular weight is 378 g/mol. The van der Waals surface area contributed by atoms with Gasteiger partial charge in [-0.2, -0.15) is 0 Å². The van der Waals surface area contributed by atoms with E-state index in [1.807, 2.05) is 0 Å². The van der Waals surface area contributed by atoms with Gasteiger partial charge in [-0.15, -0.1) is 0 Å². The lowest BCUT2D eigenvalue weighted by atomic mass is 9.98. The molecule has 1 aromatic carbocycles. The Hall–Kier alpha value is -2.41. The summed E-state index contributed by atoms with van der Waals surface area (Å²) in [6.07, 6.45) is 1.58. The molecule has 7 heteroatoms. The van der Waals surface area contributed by atoms with Gasteiger partial charge in [-0.05, 0) is 37.9 Å². The van der Waals surface area contributed by atoms with Crippen LogP contribution in [-0.4, -0.2) is 48.6 Å². The first-order valence-corrected chi connectivity index (χ1v) is 9.22. The summed E-state index contributed by atoms with van der Waals surface area (Å²) in [4.78, 5) is 35.9. The van der Waals surface area contributed by atoms with Crippen molar-refractivity contribution in [3.8, 4) is 0 Å². The Morgan fingerprint density at radius 1 is 1.19 bits per heavy atom. The molecular weight excluding hydrogens is 348 g/mol. The number of hydrogen-bond acceptors (Lipinski definition) is 6. The van der Waals surface area contributed by atoms with Crippen molar-refractivity contribution in [2.75, 3.05) is 19.0 Å². The number of ether oxygens (including phenoxy) is 1. The Morgan fingerprint density at radius 2 is 1.85 bits per heavy atom. The van der Waals surface area contributed by atoms with Gasteiger partial charge in [0.25, 0.3) is 0 Å². The third-order valence-electron chi connectivity index (χ3n) is 4.54. The Labute approximate surface area is 160 Å². The zero-order valence-electron chi connectivity index (χ0n) is 16.5. The largest absolute Gasteiger partial charge is 0.481 e. The van der Waals surface area contributed by atoms with Crippen molar-refractivity contribution in [1.29, 1.82) is 0 Å². The minimum absolute atomic E-state index is 0.305. The van der Waals surface area contributed by atoms with Crippen LogP contribution in [0.5, 0.6) is 0 Å². The van der Waals surface area contributed by atoms with Crippen LogP contribution in [0.4, 0.5) is 5.69 Å². The highest BCUT2D eigenvalue weighted by molar-refractivity contribution is 6.06. The topological polar surface area (TPSA) is 105 Å². The average Bonchev–Trinajstić information content (AvgIpc) is 2.65. The minimum atomic E-state index is -1.04. The van der Waals surface area contributed by atoms with E-state index >= 15 is 0 Å². The molecule has 1 aromatic rings. The van der Waals surface area contributed by atoms with Crippen LogP contribution in [-0.2, 0) is 14.3 Å². The first-order valence-electron chi connectivity index (χ1n) is 9.22. The van der Waals surface area contributed by atoms with Crippen LogP contribution in [0.3, 0.4) is 0 Å². The van der Waals surface area contributed by atoms with E-state index in [0.717, 1.165) is 12.8 Å². The van der Waals surface area contributed by atoms with Gasteiger partial charge in [0.05, 0.1) is 19.6 Å². The van der Waals surface area contributed by atoms with Gasteiger partial charge in [0.1, 0.15) is 6.04 Å². The number of rotatable bonds is 12. The third kappa shape index (κ3) is 7.38. The van der Waals surface area contributed by atoms with Crippen LogP contribution < -0.4 is 10.6 Å². The maximum Gasteiger partial charge on any atom is 0.327 e. The first kappa shape index (κ1) is 22.6. The van der Waals surface area contributed by atoms with Crippen LogP contribution >= 0.6 is 0 Å². The summed E-state index contributed by atoms with van der Waals surface area (Å²) in [5, 5.41) is 15.2. The molecule has 150 valence electrons. The molecule has 0 bridgehead atoms. The second kappa shape index (κ2) is 11.3. The molecule has 2 unspecified atom stereocenters. The summed E-state index contributed by atoms with van der Waals surface area (Å²) in [6, 6.07) is 5.29. The number of carboxylic acid groups (broad SMARTS) is 1. The van der Waals surface area contributed by atoms with Gasteiger partial charge in [-0.3, -0.25) is 9.59 Å². The van der Waals surface area contributed by atoms with Crippen molar-refractivity contribution in [3.63, 3.8) is 0 Å².